The Morgan fingerprint density at radius 1 is 0.935 bits per heavy atom. The summed E-state index contributed by atoms with van der Waals surface area (Å²) >= 11 is 0. The van der Waals surface area contributed by atoms with Gasteiger partial charge in [0.05, 0.1) is 13.3 Å². The fourth-order valence-corrected chi connectivity index (χ4v) is 2.72. The summed E-state index contributed by atoms with van der Waals surface area (Å²) < 4.78 is 66.6. The number of nitrogens with one attached hydrogen (secondary N) is 1. The third-order valence-electron chi connectivity index (χ3n) is 4.14. The van der Waals surface area contributed by atoms with E-state index >= 15 is 0 Å². The first-order chi connectivity index (χ1) is 14.8. The molecule has 0 radical (unpaired) electrons. The molecule has 1 aromatic heterocycles. The molecule has 1 N–H and O–H groups in total. The maximum atomic E-state index is 14.3. The van der Waals surface area contributed by atoms with Crippen LogP contribution < -0.4 is 19.5 Å². The van der Waals surface area contributed by atoms with Crippen molar-refractivity contribution in [1.29, 1.82) is 0 Å². The Kier molecular flexibility index (Phi) is 7.30. The van der Waals surface area contributed by atoms with Crippen LogP contribution in [0.2, 0.25) is 0 Å². The van der Waals surface area contributed by atoms with Gasteiger partial charge >= 0.3 is 6.18 Å². The van der Waals surface area contributed by atoms with E-state index in [9.17, 15) is 17.6 Å². The van der Waals surface area contributed by atoms with Crippen molar-refractivity contribution >= 4 is 0 Å². The van der Waals surface area contributed by atoms with E-state index in [1.54, 1.807) is 36.5 Å². The van der Waals surface area contributed by atoms with Crippen molar-refractivity contribution in [2.45, 2.75) is 19.3 Å². The van der Waals surface area contributed by atoms with Crippen LogP contribution in [0.1, 0.15) is 11.1 Å². The molecule has 1 heterocycles. The molecule has 0 unspecified atom stereocenters. The van der Waals surface area contributed by atoms with Gasteiger partial charge in [0.2, 0.25) is 0 Å². The number of aromatic nitrogens is 1. The van der Waals surface area contributed by atoms with Gasteiger partial charge in [-0.3, -0.25) is 4.98 Å². The number of pyridine rings is 1. The number of nitrogens with zero attached hydrogens (tertiary/aromatic N) is 1. The second kappa shape index (κ2) is 10.1. The van der Waals surface area contributed by atoms with Gasteiger partial charge in [-0.1, -0.05) is 12.1 Å². The number of rotatable bonds is 9. The summed E-state index contributed by atoms with van der Waals surface area (Å²) in [5.74, 6) is 0.233. The van der Waals surface area contributed by atoms with Crippen molar-refractivity contribution in [3.05, 3.63) is 77.9 Å². The Morgan fingerprint density at radius 3 is 2.26 bits per heavy atom. The van der Waals surface area contributed by atoms with Crippen LogP contribution >= 0.6 is 0 Å². The Labute approximate surface area is 176 Å². The highest BCUT2D eigenvalue weighted by Crippen LogP contribution is 2.30. The molecule has 164 valence electrons. The largest absolute Gasteiger partial charge is 0.493 e. The van der Waals surface area contributed by atoms with Crippen LogP contribution in [-0.4, -0.2) is 24.9 Å². The van der Waals surface area contributed by atoms with E-state index in [2.05, 4.69) is 10.3 Å². The number of halogens is 4. The van der Waals surface area contributed by atoms with Crippen LogP contribution in [0.25, 0.3) is 0 Å². The summed E-state index contributed by atoms with van der Waals surface area (Å²) in [4.78, 5) is 3.91. The zero-order valence-electron chi connectivity index (χ0n) is 16.6. The van der Waals surface area contributed by atoms with Gasteiger partial charge in [0, 0.05) is 19.3 Å². The molecule has 2 aromatic carbocycles. The molecule has 0 amide bonds. The van der Waals surface area contributed by atoms with Crippen molar-refractivity contribution in [2.75, 3.05) is 13.7 Å². The van der Waals surface area contributed by atoms with Crippen LogP contribution in [0.3, 0.4) is 0 Å². The quantitative estimate of drug-likeness (QED) is 0.464. The molecule has 3 rings (SSSR count). The summed E-state index contributed by atoms with van der Waals surface area (Å²) in [6.45, 7) is -0.628. The summed E-state index contributed by atoms with van der Waals surface area (Å²) in [5.41, 5.74) is 1.47. The maximum absolute atomic E-state index is 14.3. The van der Waals surface area contributed by atoms with Crippen LogP contribution in [0.5, 0.6) is 23.0 Å². The lowest BCUT2D eigenvalue weighted by atomic mass is 10.1. The molecule has 0 aliphatic carbocycles. The van der Waals surface area contributed by atoms with E-state index in [4.69, 9.17) is 14.2 Å². The number of benzene rings is 2. The minimum Gasteiger partial charge on any atom is -0.493 e. The number of ether oxygens (including phenoxy) is 3. The number of hydrogen-bond donors (Lipinski definition) is 1. The summed E-state index contributed by atoms with van der Waals surface area (Å²) in [7, 11) is 1.35. The van der Waals surface area contributed by atoms with Gasteiger partial charge < -0.3 is 19.5 Å². The van der Waals surface area contributed by atoms with E-state index in [0.29, 0.717) is 24.4 Å². The monoisotopic (exact) mass is 436 g/mol. The van der Waals surface area contributed by atoms with E-state index in [-0.39, 0.29) is 17.2 Å². The minimum absolute atomic E-state index is 0.00912. The number of alkyl halides is 3. The first-order valence-electron chi connectivity index (χ1n) is 9.27. The Hall–Kier alpha value is -3.33. The van der Waals surface area contributed by atoms with Crippen molar-refractivity contribution in [3.63, 3.8) is 0 Å². The first kappa shape index (κ1) is 22.4. The zero-order chi connectivity index (χ0) is 22.3. The Bertz CT molecular complexity index is 998. The lowest BCUT2D eigenvalue weighted by molar-refractivity contribution is -0.153. The van der Waals surface area contributed by atoms with E-state index in [1.165, 1.54) is 31.5 Å². The standard InChI is InChI=1S/C22H20F4N2O3/c1-29-21-10-16(5-7-20(21)30-14-22(24,25)26)12-28-11-15-4-6-19(18(23)9-15)31-17-3-2-8-27-13-17/h2-10,13,28H,11-12,14H2,1H3. The average molecular weight is 436 g/mol. The molecule has 0 saturated carbocycles. The molecule has 0 bridgehead atoms. The summed E-state index contributed by atoms with van der Waals surface area (Å²) in [5, 5.41) is 3.15. The lowest BCUT2D eigenvalue weighted by Gasteiger charge is -2.14. The molecule has 0 atom stereocenters. The zero-order valence-corrected chi connectivity index (χ0v) is 16.6. The van der Waals surface area contributed by atoms with Crippen molar-refractivity contribution in [2.24, 2.45) is 0 Å². The highest BCUT2D eigenvalue weighted by Gasteiger charge is 2.29. The minimum atomic E-state index is -4.43. The van der Waals surface area contributed by atoms with E-state index in [0.717, 1.165) is 5.56 Å². The first-order valence-corrected chi connectivity index (χ1v) is 9.27. The third kappa shape index (κ3) is 6.85. The topological polar surface area (TPSA) is 52.6 Å². The fourth-order valence-electron chi connectivity index (χ4n) is 2.72. The molecule has 31 heavy (non-hydrogen) atoms. The van der Waals surface area contributed by atoms with Gasteiger partial charge in [0.25, 0.3) is 0 Å². The fraction of sp³-hybridized carbons (Fsp3) is 0.227. The van der Waals surface area contributed by atoms with Crippen LogP contribution in [0.15, 0.2) is 60.9 Å². The summed E-state index contributed by atoms with van der Waals surface area (Å²) in [6.07, 6.45) is -1.35. The van der Waals surface area contributed by atoms with Crippen molar-refractivity contribution in [1.82, 2.24) is 10.3 Å². The van der Waals surface area contributed by atoms with E-state index in [1.807, 2.05) is 0 Å². The molecule has 5 nitrogen and oxygen atoms in total. The molecule has 3 aromatic rings. The van der Waals surface area contributed by atoms with Crippen LogP contribution in [-0.2, 0) is 13.1 Å². The van der Waals surface area contributed by atoms with Crippen molar-refractivity contribution < 1.29 is 31.8 Å². The number of hydrogen-bond acceptors (Lipinski definition) is 5. The third-order valence-corrected chi connectivity index (χ3v) is 4.14. The van der Waals surface area contributed by atoms with Crippen LogP contribution in [0.4, 0.5) is 17.6 Å². The molecule has 0 fully saturated rings. The van der Waals surface area contributed by atoms with Gasteiger partial charge in [0.15, 0.2) is 29.7 Å². The Balaban J connectivity index is 1.55. The predicted octanol–water partition coefficient (Wildman–Crippen LogP) is 5.25. The van der Waals surface area contributed by atoms with E-state index < -0.39 is 18.6 Å². The second-order valence-electron chi connectivity index (χ2n) is 6.55. The van der Waals surface area contributed by atoms with Crippen molar-refractivity contribution in [3.8, 4) is 23.0 Å². The van der Waals surface area contributed by atoms with Gasteiger partial charge in [-0.05, 0) is 47.5 Å². The Morgan fingerprint density at radius 2 is 1.65 bits per heavy atom. The molecular formula is C22H20F4N2O3. The van der Waals surface area contributed by atoms with Gasteiger partial charge in [0.1, 0.15) is 5.75 Å². The lowest BCUT2D eigenvalue weighted by Crippen LogP contribution is -2.19. The molecule has 9 heteroatoms. The number of methoxy groups -OCH3 is 1. The smallest absolute Gasteiger partial charge is 0.422 e. The average Bonchev–Trinajstić information content (AvgIpc) is 2.74. The van der Waals surface area contributed by atoms with Crippen LogP contribution in [0, 0.1) is 5.82 Å². The molecule has 0 aliphatic heterocycles. The predicted molar refractivity (Wildman–Crippen MR) is 106 cm³/mol. The molecular weight excluding hydrogens is 416 g/mol. The SMILES string of the molecule is COc1cc(CNCc2ccc(Oc3cccnc3)c(F)c2)ccc1OCC(F)(F)F. The second-order valence-corrected chi connectivity index (χ2v) is 6.55. The maximum Gasteiger partial charge on any atom is 0.422 e. The van der Waals surface area contributed by atoms with Gasteiger partial charge in [-0.25, -0.2) is 4.39 Å². The normalized spacial score (nSPS) is 11.3. The highest BCUT2D eigenvalue weighted by molar-refractivity contribution is 5.43. The van der Waals surface area contributed by atoms with Gasteiger partial charge in [-0.2, -0.15) is 13.2 Å². The van der Waals surface area contributed by atoms with Gasteiger partial charge in [-0.15, -0.1) is 0 Å². The molecule has 0 aliphatic rings. The highest BCUT2D eigenvalue weighted by atomic mass is 19.4. The molecule has 0 spiro atoms. The summed E-state index contributed by atoms with van der Waals surface area (Å²) in [6, 6.07) is 12.6. The molecule has 0 saturated heterocycles.